The van der Waals surface area contributed by atoms with Crippen LogP contribution in [-0.4, -0.2) is 39.9 Å². The molecule has 3 N–H and O–H groups in total. The summed E-state index contributed by atoms with van der Waals surface area (Å²) in [5.74, 6) is 1.35. The van der Waals surface area contributed by atoms with Crippen molar-refractivity contribution in [3.63, 3.8) is 0 Å². The average molecular weight is 664 g/mol. The van der Waals surface area contributed by atoms with Gasteiger partial charge in [-0.25, -0.2) is 4.98 Å². The standard InChI is InChI=1S/C36H34N6O3S2/c1-3-13-39-35-41-19-30(46-35)26-11-7-15-37-32(26)24-17-28(34-29(18-24)44-22-45-34)42-20-31(47-36(42)40-14-4-2)27-12-8-16-38-33(27)25-10-6-5-9-23(25)21-43/h5-12,15-20,43H,3-4,13-14,21-22H2,1-2H3,(H,39,41)/p+1. The van der Waals surface area contributed by atoms with Crippen LogP contribution in [0.3, 0.4) is 0 Å². The third kappa shape index (κ3) is 6.17. The Balaban J connectivity index is 1.36. The van der Waals surface area contributed by atoms with Crippen LogP contribution in [-0.2, 0) is 6.61 Å². The van der Waals surface area contributed by atoms with Gasteiger partial charge in [-0.2, -0.15) is 4.57 Å². The van der Waals surface area contributed by atoms with Crippen LogP contribution in [0.5, 0.6) is 11.5 Å². The highest BCUT2D eigenvalue weighted by Gasteiger charge is 2.29. The van der Waals surface area contributed by atoms with E-state index in [1.807, 2.05) is 54.9 Å². The first-order valence-electron chi connectivity index (χ1n) is 15.7. The molecule has 9 nitrogen and oxygen atoms in total. The van der Waals surface area contributed by atoms with Crippen molar-refractivity contribution in [2.75, 3.05) is 30.5 Å². The number of aliphatic hydroxyl groups is 1. The van der Waals surface area contributed by atoms with Gasteiger partial charge in [0.25, 0.3) is 0 Å². The molecule has 0 saturated heterocycles. The topological polar surface area (TPSA) is 105 Å². The van der Waals surface area contributed by atoms with Gasteiger partial charge in [-0.1, -0.05) is 49.4 Å². The zero-order chi connectivity index (χ0) is 32.2. The van der Waals surface area contributed by atoms with E-state index in [4.69, 9.17) is 19.4 Å². The molecule has 0 spiro atoms. The second-order valence-corrected chi connectivity index (χ2v) is 13.1. The summed E-state index contributed by atoms with van der Waals surface area (Å²) in [6.07, 6.45) is 9.64. The van der Waals surface area contributed by atoms with Crippen LogP contribution in [0.25, 0.3) is 49.1 Å². The summed E-state index contributed by atoms with van der Waals surface area (Å²) in [5, 5.41) is 19.0. The zero-order valence-corrected chi connectivity index (χ0v) is 27.8. The van der Waals surface area contributed by atoms with E-state index < -0.39 is 0 Å². The van der Waals surface area contributed by atoms with Crippen LogP contribution in [0, 0.1) is 0 Å². The third-order valence-corrected chi connectivity index (χ3v) is 9.87. The molecule has 7 rings (SSSR count). The van der Waals surface area contributed by atoms with Gasteiger partial charge >= 0.3 is 5.13 Å². The number of hydrogen-bond donors (Lipinski definition) is 3. The van der Waals surface area contributed by atoms with Crippen LogP contribution in [0.1, 0.15) is 32.3 Å². The van der Waals surface area contributed by atoms with Crippen molar-refractivity contribution in [2.45, 2.75) is 33.3 Å². The lowest BCUT2D eigenvalue weighted by atomic mass is 10.00. The lowest BCUT2D eigenvalue weighted by Gasteiger charge is -2.11. The van der Waals surface area contributed by atoms with E-state index in [-0.39, 0.29) is 13.4 Å². The first-order chi connectivity index (χ1) is 23.2. The minimum absolute atomic E-state index is 0.0657. The molecule has 1 aliphatic rings. The van der Waals surface area contributed by atoms with Gasteiger partial charge in [0.1, 0.15) is 6.20 Å². The van der Waals surface area contributed by atoms with Crippen LogP contribution >= 0.6 is 22.7 Å². The molecule has 47 heavy (non-hydrogen) atoms. The molecule has 0 atom stereocenters. The van der Waals surface area contributed by atoms with Gasteiger partial charge in [-0.15, -0.1) is 0 Å². The summed E-state index contributed by atoms with van der Waals surface area (Å²) in [5.41, 5.74) is 7.15. The van der Waals surface area contributed by atoms with Gasteiger partial charge in [-0.3, -0.25) is 15.3 Å². The summed E-state index contributed by atoms with van der Waals surface area (Å²) >= 11 is 3.27. The first kappa shape index (κ1) is 30.8. The number of thiazole rings is 2. The number of anilines is 2. The number of nitrogens with zero attached hydrogens (tertiary/aromatic N) is 4. The van der Waals surface area contributed by atoms with E-state index in [1.54, 1.807) is 28.9 Å². The normalized spacial score (nSPS) is 12.0. The molecular weight excluding hydrogens is 629 g/mol. The van der Waals surface area contributed by atoms with Gasteiger partial charge in [-0.05, 0) is 66.1 Å². The molecule has 6 aromatic rings. The highest BCUT2D eigenvalue weighted by molar-refractivity contribution is 7.19. The Bertz CT molecular complexity index is 2020. The molecule has 11 heteroatoms. The predicted molar refractivity (Wildman–Crippen MR) is 188 cm³/mol. The number of benzene rings is 2. The van der Waals surface area contributed by atoms with Crippen molar-refractivity contribution in [1.82, 2.24) is 15.0 Å². The molecule has 0 saturated carbocycles. The second kappa shape index (κ2) is 13.9. The number of pyridine rings is 2. The number of nitrogens with one attached hydrogen (secondary N) is 2. The number of rotatable bonds is 12. The Morgan fingerprint density at radius 3 is 2.36 bits per heavy atom. The molecule has 0 radical (unpaired) electrons. The van der Waals surface area contributed by atoms with Gasteiger partial charge in [0.05, 0.1) is 34.3 Å². The summed E-state index contributed by atoms with van der Waals surface area (Å²) < 4.78 is 14.2. The Kier molecular flexibility index (Phi) is 9.09. The number of aromatic nitrogens is 4. The Hall–Kier alpha value is -4.84. The molecule has 1 aliphatic heterocycles. The van der Waals surface area contributed by atoms with Crippen molar-refractivity contribution in [3.05, 3.63) is 91.0 Å². The number of ether oxygens (including phenoxy) is 2. The Morgan fingerprint density at radius 2 is 1.55 bits per heavy atom. The highest BCUT2D eigenvalue weighted by atomic mass is 32.1. The molecule has 0 bridgehead atoms. The number of hydrogen-bond acceptors (Lipinski definition) is 10. The lowest BCUT2D eigenvalue weighted by molar-refractivity contribution is -0.575. The number of aliphatic hydroxyl groups excluding tert-OH is 1. The number of fused-ring (bicyclic) bond motifs is 1. The molecule has 2 aromatic carbocycles. The largest absolute Gasteiger partial charge is 0.453 e. The van der Waals surface area contributed by atoms with Crippen molar-refractivity contribution in [3.8, 4) is 60.6 Å². The van der Waals surface area contributed by atoms with E-state index >= 15 is 0 Å². The van der Waals surface area contributed by atoms with Crippen molar-refractivity contribution < 1.29 is 19.1 Å². The van der Waals surface area contributed by atoms with E-state index in [1.165, 1.54) is 0 Å². The predicted octanol–water partition coefficient (Wildman–Crippen LogP) is 7.80. The Labute approximate surface area is 281 Å². The first-order valence-corrected chi connectivity index (χ1v) is 17.3. The lowest BCUT2D eigenvalue weighted by Crippen LogP contribution is -2.32. The van der Waals surface area contributed by atoms with Gasteiger partial charge in [0.2, 0.25) is 12.5 Å². The molecule has 5 heterocycles. The smallest absolute Gasteiger partial charge is 0.339 e. The molecule has 0 unspecified atom stereocenters. The molecule has 238 valence electrons. The molecule has 0 amide bonds. The van der Waals surface area contributed by atoms with Crippen LogP contribution < -0.4 is 24.7 Å². The van der Waals surface area contributed by atoms with Crippen molar-refractivity contribution >= 4 is 32.9 Å². The fourth-order valence-electron chi connectivity index (χ4n) is 5.57. The third-order valence-electron chi connectivity index (χ3n) is 7.81. The van der Waals surface area contributed by atoms with Gasteiger partial charge < -0.3 is 19.9 Å². The summed E-state index contributed by atoms with van der Waals surface area (Å²) in [6.45, 7) is 6.04. The van der Waals surface area contributed by atoms with Crippen molar-refractivity contribution in [1.29, 1.82) is 0 Å². The summed E-state index contributed by atoms with van der Waals surface area (Å²) in [7, 11) is 0. The minimum atomic E-state index is -0.0657. The van der Waals surface area contributed by atoms with Crippen LogP contribution in [0.2, 0.25) is 0 Å². The van der Waals surface area contributed by atoms with Crippen molar-refractivity contribution in [2.24, 2.45) is 0 Å². The van der Waals surface area contributed by atoms with E-state index in [2.05, 4.69) is 58.4 Å². The minimum Gasteiger partial charge on any atom is -0.453 e. The van der Waals surface area contributed by atoms with Gasteiger partial charge in [0, 0.05) is 47.4 Å². The fraction of sp³-hybridized carbons (Fsp3) is 0.222. The molecular formula is C36H35N6O3S2+. The van der Waals surface area contributed by atoms with E-state index in [0.717, 1.165) is 90.8 Å². The zero-order valence-electron chi connectivity index (χ0n) is 26.2. The van der Waals surface area contributed by atoms with E-state index in [0.29, 0.717) is 11.5 Å². The maximum Gasteiger partial charge on any atom is 0.339 e. The monoisotopic (exact) mass is 663 g/mol. The molecule has 4 aromatic heterocycles. The second-order valence-electron chi connectivity index (χ2n) is 11.0. The average Bonchev–Trinajstić information content (AvgIpc) is 3.90. The van der Waals surface area contributed by atoms with Crippen LogP contribution in [0.4, 0.5) is 10.3 Å². The SMILES string of the molecule is CCCNc1ncc(-c2cccnc2-c2cc3c(c(-[n+]4cc(-c5cccnc5-c5ccccc5CO)sc4NCCC)c2)OCO3)s1. The molecule has 0 aliphatic carbocycles. The summed E-state index contributed by atoms with van der Waals surface area (Å²) in [4.78, 5) is 16.3. The van der Waals surface area contributed by atoms with Gasteiger partial charge in [0.15, 0.2) is 16.6 Å². The molecule has 0 fully saturated rings. The fourth-order valence-corrected chi connectivity index (χ4v) is 7.51. The van der Waals surface area contributed by atoms with Crippen LogP contribution in [0.15, 0.2) is 85.5 Å². The summed E-state index contributed by atoms with van der Waals surface area (Å²) in [6, 6.07) is 20.0. The maximum absolute atomic E-state index is 10.1. The quantitative estimate of drug-likeness (QED) is 0.114. The van der Waals surface area contributed by atoms with E-state index in [9.17, 15) is 5.11 Å². The maximum atomic E-state index is 10.1. The Morgan fingerprint density at radius 1 is 0.809 bits per heavy atom. The highest BCUT2D eigenvalue weighted by Crippen LogP contribution is 2.44.